The Morgan fingerprint density at radius 1 is 1.14 bits per heavy atom. The molecule has 0 unspecified atom stereocenters. The van der Waals surface area contributed by atoms with E-state index in [9.17, 15) is 8.42 Å². The number of para-hydroxylation sites is 1. The van der Waals surface area contributed by atoms with Crippen molar-refractivity contribution in [2.75, 3.05) is 60.4 Å². The van der Waals surface area contributed by atoms with Crippen molar-refractivity contribution in [3.05, 3.63) is 48.0 Å². The van der Waals surface area contributed by atoms with Crippen molar-refractivity contribution in [2.24, 2.45) is 0 Å². The lowest BCUT2D eigenvalue weighted by molar-refractivity contribution is 0.122. The van der Waals surface area contributed by atoms with Crippen LogP contribution in [0.2, 0.25) is 0 Å². The Kier molecular flexibility index (Phi) is 7.55. The molecular weight excluding hydrogens is 482 g/mol. The van der Waals surface area contributed by atoms with Gasteiger partial charge in [0.25, 0.3) is 0 Å². The highest BCUT2D eigenvalue weighted by Gasteiger charge is 2.18. The smallest absolute Gasteiger partial charge is 0.231 e. The Morgan fingerprint density at radius 2 is 1.89 bits per heavy atom. The molecule has 5 N–H and O–H groups in total. The molecule has 3 aromatic rings. The number of hydrogen-bond donors (Lipinski definition) is 4. The Balaban J connectivity index is 1.68. The van der Waals surface area contributed by atoms with Gasteiger partial charge in [-0.25, -0.2) is 8.42 Å². The molecule has 2 heterocycles. The summed E-state index contributed by atoms with van der Waals surface area (Å²) in [6.45, 7) is 5.31. The fraction of sp³-hybridized carbons (Fsp3) is 0.292. The summed E-state index contributed by atoms with van der Waals surface area (Å²) in [5.74, 6) is 1.04. The number of sulfone groups is 1. The lowest BCUT2D eigenvalue weighted by Crippen LogP contribution is -2.36. The normalized spacial score (nSPS) is 13.8. The average molecular weight is 512 g/mol. The first-order valence-corrected chi connectivity index (χ1v) is 13.3. The van der Waals surface area contributed by atoms with Crippen LogP contribution in [0.5, 0.6) is 5.75 Å². The van der Waals surface area contributed by atoms with Crippen LogP contribution in [0.15, 0.2) is 47.4 Å². The van der Waals surface area contributed by atoms with Crippen LogP contribution in [0, 0.1) is 5.41 Å². The van der Waals surface area contributed by atoms with Crippen molar-refractivity contribution in [3.63, 3.8) is 0 Å². The molecule has 0 spiro atoms. The van der Waals surface area contributed by atoms with E-state index in [2.05, 4.69) is 25.5 Å². The van der Waals surface area contributed by atoms with E-state index in [1.807, 2.05) is 25.1 Å². The van der Waals surface area contributed by atoms with Crippen LogP contribution in [-0.2, 0) is 14.6 Å². The third-order valence-electron chi connectivity index (χ3n) is 5.55. The fourth-order valence-corrected chi connectivity index (χ4v) is 4.67. The fourth-order valence-electron chi connectivity index (χ4n) is 3.83. The first kappa shape index (κ1) is 25.2. The van der Waals surface area contributed by atoms with E-state index in [1.54, 1.807) is 18.2 Å². The minimum absolute atomic E-state index is 0.0599. The average Bonchev–Trinajstić information content (AvgIpc) is 2.85. The topological polar surface area (TPSA) is 156 Å². The minimum atomic E-state index is -3.51. The standard InChI is InChI=1S/C24H29N7O4S/c1-3-35-20-14-16(31-10-12-34-13-11-31)8-9-18(20)28-24-29-22(26)17(15-25)23(30-24)27-19-6-4-5-7-21(19)36(2,32)33/h4-9,14-15,25H,3,10-13H2,1-2H3,(H4,26,27,28,29,30). The third-order valence-corrected chi connectivity index (χ3v) is 6.70. The Labute approximate surface area is 210 Å². The molecule has 2 aromatic carbocycles. The van der Waals surface area contributed by atoms with Gasteiger partial charge in [0.15, 0.2) is 9.84 Å². The van der Waals surface area contributed by atoms with Crippen LogP contribution in [0.4, 0.5) is 34.6 Å². The van der Waals surface area contributed by atoms with Gasteiger partial charge in [-0.3, -0.25) is 0 Å². The van der Waals surface area contributed by atoms with Gasteiger partial charge in [0.05, 0.1) is 41.7 Å². The number of nitrogens with two attached hydrogens (primary N) is 1. The number of anilines is 6. The highest BCUT2D eigenvalue weighted by molar-refractivity contribution is 7.90. The monoisotopic (exact) mass is 511 g/mol. The first-order chi connectivity index (χ1) is 17.3. The van der Waals surface area contributed by atoms with E-state index in [4.69, 9.17) is 20.6 Å². The number of nitrogens with zero attached hydrogens (tertiary/aromatic N) is 3. The molecule has 11 nitrogen and oxygen atoms in total. The van der Waals surface area contributed by atoms with E-state index in [0.29, 0.717) is 36.9 Å². The number of nitrogen functional groups attached to an aromatic ring is 1. The number of rotatable bonds is 9. The summed E-state index contributed by atoms with van der Waals surface area (Å²) in [7, 11) is -3.51. The Bertz CT molecular complexity index is 1360. The van der Waals surface area contributed by atoms with E-state index in [-0.39, 0.29) is 28.0 Å². The van der Waals surface area contributed by atoms with Crippen molar-refractivity contribution < 1.29 is 17.9 Å². The summed E-state index contributed by atoms with van der Waals surface area (Å²) < 4.78 is 35.8. The molecule has 1 aliphatic heterocycles. The second kappa shape index (κ2) is 10.8. The molecular formula is C24H29N7O4S. The molecule has 12 heteroatoms. The van der Waals surface area contributed by atoms with Crippen LogP contribution in [-0.4, -0.2) is 63.8 Å². The molecule has 1 aliphatic rings. The van der Waals surface area contributed by atoms with Gasteiger partial charge < -0.3 is 36.2 Å². The van der Waals surface area contributed by atoms with E-state index in [0.717, 1.165) is 31.2 Å². The number of ether oxygens (including phenoxy) is 2. The number of aromatic nitrogens is 2. The van der Waals surface area contributed by atoms with Crippen molar-refractivity contribution in [1.29, 1.82) is 5.41 Å². The number of morpholine rings is 1. The van der Waals surface area contributed by atoms with Crippen molar-refractivity contribution in [1.82, 2.24) is 9.97 Å². The highest BCUT2D eigenvalue weighted by Crippen LogP contribution is 2.33. The number of benzene rings is 2. The van der Waals surface area contributed by atoms with Crippen LogP contribution < -0.4 is 26.0 Å². The molecule has 0 saturated carbocycles. The molecule has 0 radical (unpaired) electrons. The van der Waals surface area contributed by atoms with Crippen LogP contribution >= 0.6 is 0 Å². The number of hydrogen-bond acceptors (Lipinski definition) is 11. The zero-order valence-electron chi connectivity index (χ0n) is 20.1. The summed E-state index contributed by atoms with van der Waals surface area (Å²) >= 11 is 0. The van der Waals surface area contributed by atoms with E-state index in [1.165, 1.54) is 6.07 Å². The number of nitrogens with one attached hydrogen (secondary N) is 3. The van der Waals surface area contributed by atoms with Crippen molar-refractivity contribution >= 4 is 50.7 Å². The SMILES string of the molecule is CCOc1cc(N2CCOCC2)ccc1Nc1nc(N)c(C=N)c(Nc2ccccc2S(C)(=O)=O)n1. The molecule has 0 amide bonds. The molecule has 1 aromatic heterocycles. The molecule has 0 atom stereocenters. The summed E-state index contributed by atoms with van der Waals surface area (Å²) in [5.41, 5.74) is 8.34. The second-order valence-electron chi connectivity index (χ2n) is 8.07. The maximum absolute atomic E-state index is 12.2. The van der Waals surface area contributed by atoms with Gasteiger partial charge in [0, 0.05) is 37.3 Å². The quantitative estimate of drug-likeness (QED) is 0.315. The van der Waals surface area contributed by atoms with Gasteiger partial charge in [-0.15, -0.1) is 0 Å². The zero-order valence-corrected chi connectivity index (χ0v) is 20.9. The molecule has 36 heavy (non-hydrogen) atoms. The minimum Gasteiger partial charge on any atom is -0.492 e. The zero-order chi connectivity index (χ0) is 25.7. The van der Waals surface area contributed by atoms with E-state index < -0.39 is 9.84 Å². The molecule has 190 valence electrons. The largest absolute Gasteiger partial charge is 0.492 e. The Morgan fingerprint density at radius 3 is 2.58 bits per heavy atom. The predicted molar refractivity (Wildman–Crippen MR) is 141 cm³/mol. The second-order valence-corrected chi connectivity index (χ2v) is 10.1. The van der Waals surface area contributed by atoms with Crippen molar-refractivity contribution in [3.8, 4) is 5.75 Å². The Hall–Kier alpha value is -3.90. The van der Waals surface area contributed by atoms with Gasteiger partial charge >= 0.3 is 0 Å². The van der Waals surface area contributed by atoms with Gasteiger partial charge in [0.1, 0.15) is 17.4 Å². The molecule has 4 rings (SSSR count). The summed E-state index contributed by atoms with van der Waals surface area (Å²) in [6.07, 6.45) is 2.15. The van der Waals surface area contributed by atoms with E-state index >= 15 is 0 Å². The lowest BCUT2D eigenvalue weighted by Gasteiger charge is -2.29. The maximum atomic E-state index is 12.2. The first-order valence-electron chi connectivity index (χ1n) is 11.4. The summed E-state index contributed by atoms with van der Waals surface area (Å²) in [4.78, 5) is 11.1. The predicted octanol–water partition coefficient (Wildman–Crippen LogP) is 3.18. The van der Waals surface area contributed by atoms with Crippen LogP contribution in [0.25, 0.3) is 0 Å². The molecule has 0 aliphatic carbocycles. The highest BCUT2D eigenvalue weighted by atomic mass is 32.2. The molecule has 1 fully saturated rings. The van der Waals surface area contributed by atoms with Crippen LogP contribution in [0.1, 0.15) is 12.5 Å². The van der Waals surface area contributed by atoms with Gasteiger partial charge in [-0.2, -0.15) is 9.97 Å². The summed E-state index contributed by atoms with van der Waals surface area (Å²) in [6, 6.07) is 12.3. The maximum Gasteiger partial charge on any atom is 0.231 e. The third kappa shape index (κ3) is 5.66. The summed E-state index contributed by atoms with van der Waals surface area (Å²) in [5, 5.41) is 13.9. The van der Waals surface area contributed by atoms with Gasteiger partial charge in [-0.05, 0) is 31.2 Å². The van der Waals surface area contributed by atoms with Gasteiger partial charge in [0.2, 0.25) is 5.95 Å². The van der Waals surface area contributed by atoms with Gasteiger partial charge in [-0.1, -0.05) is 12.1 Å². The molecule has 1 saturated heterocycles. The van der Waals surface area contributed by atoms with Crippen LogP contribution in [0.3, 0.4) is 0 Å². The molecule has 0 bridgehead atoms. The lowest BCUT2D eigenvalue weighted by atomic mass is 10.2. The van der Waals surface area contributed by atoms with Crippen molar-refractivity contribution in [2.45, 2.75) is 11.8 Å².